The zero-order valence-electron chi connectivity index (χ0n) is 51.5. The molecule has 2 unspecified atom stereocenters. The number of allylic oxidation sites excluding steroid dienone is 5. The molecule has 2 atom stereocenters. The number of benzene rings is 4. The third kappa shape index (κ3) is 18.8. The molecule has 0 bridgehead atoms. The number of amides is 1. The van der Waals surface area contributed by atoms with Gasteiger partial charge in [0.05, 0.1) is 30.4 Å². The average molecular weight is 1190 g/mol. The van der Waals surface area contributed by atoms with Crippen LogP contribution in [-0.2, 0) is 57.6 Å². The summed E-state index contributed by atoms with van der Waals surface area (Å²) in [5.41, 5.74) is 14.3. The highest BCUT2D eigenvalue weighted by Gasteiger charge is 2.40. The first-order valence-corrected chi connectivity index (χ1v) is 30.3. The van der Waals surface area contributed by atoms with Crippen LogP contribution < -0.4 is 20.1 Å². The lowest BCUT2D eigenvalue weighted by Crippen LogP contribution is -2.47. The smallest absolute Gasteiger partial charge is 0.334 e. The first kappa shape index (κ1) is 67.2. The maximum atomic E-state index is 13.7. The second-order valence-corrected chi connectivity index (χ2v) is 22.3. The molecule has 2 fully saturated rings. The molecule has 1 aliphatic carbocycles. The van der Waals surface area contributed by atoms with Crippen LogP contribution in [0.25, 0.3) is 32.9 Å². The van der Waals surface area contributed by atoms with Gasteiger partial charge in [0.1, 0.15) is 36.6 Å². The molecular formula is C68H89ClFN5O10. The molecule has 1 saturated carbocycles. The molecule has 460 valence electrons. The standard InChI is InChI=1S/C35H40ClFN2O.C19H20N2O3.C7H17N.C7H12O6/c1-6-22(2)17-19-39-25(5)28(10-8-20-40-32-11-7-9-26-21-27(37)12-13-29(26)32)30-14-15-31(36)34(35(30)39)33-23(3)16-18-38-24(33)4;1-12-5-8-16(19(23)20-12)21-11-15-14(18(21)13-6-7-13)3-2-4-17(15)24-10-9-22;1-4-6-8(3)7-5-2;1-10-2-3-11-4-7(9)13-6-12-5-8/h7,9,11-16,21-22,38H,6,8,10,17-20H2,1-5H3;2-4,9,16H,1,5-8,10-11H2,(H,20,23);4-7H2,1-3H3;5H,2-4,6H2,1H3. The van der Waals surface area contributed by atoms with Crippen molar-refractivity contribution in [2.45, 2.75) is 132 Å². The number of fused-ring (bicyclic) bond motifs is 3. The van der Waals surface area contributed by atoms with Crippen molar-refractivity contribution in [2.24, 2.45) is 5.92 Å². The topological polar surface area (TPSA) is 159 Å². The van der Waals surface area contributed by atoms with Crippen LogP contribution in [0.1, 0.15) is 127 Å². The summed E-state index contributed by atoms with van der Waals surface area (Å²) in [6, 6.07) is 20.7. The molecular weight excluding hydrogens is 1100 g/mol. The van der Waals surface area contributed by atoms with Crippen molar-refractivity contribution in [2.75, 3.05) is 73.6 Å². The number of carbonyl (C=O) groups excluding carboxylic acids is 4. The summed E-state index contributed by atoms with van der Waals surface area (Å²) in [5.74, 6) is 1.40. The number of aryl methyl sites for hydroxylation is 2. The van der Waals surface area contributed by atoms with E-state index in [-0.39, 0.29) is 44.2 Å². The Kier molecular flexibility index (Phi) is 27.0. The number of nitrogens with zero attached hydrogens (tertiary/aromatic N) is 3. The van der Waals surface area contributed by atoms with Crippen LogP contribution in [0.4, 0.5) is 4.39 Å². The summed E-state index contributed by atoms with van der Waals surface area (Å²) in [6.45, 7) is 25.4. The predicted molar refractivity (Wildman–Crippen MR) is 337 cm³/mol. The molecule has 2 N–H and O–H groups in total. The minimum atomic E-state index is -0.585. The normalized spacial score (nSPS) is 15.6. The van der Waals surface area contributed by atoms with Gasteiger partial charge in [-0.2, -0.15) is 0 Å². The Morgan fingerprint density at radius 2 is 1.68 bits per heavy atom. The lowest BCUT2D eigenvalue weighted by atomic mass is 9.92. The SMILES string of the molecule is C=C1CCC(N2Cc3c(OCC=O)cccc3C2=C2CC2)C(=O)N1.CCC(C)CCn1c(C)c(CCCOc2cccc3cc(F)ccc23)c2ccc(Cl)c(C3=C(C)NCC=C3C)c21.CCCN(C)CCC.COCCOCC(=O)OCOC=O. The monoisotopic (exact) mass is 1190 g/mol. The molecule has 0 spiro atoms. The molecule has 0 radical (unpaired) electrons. The van der Waals surface area contributed by atoms with Gasteiger partial charge >= 0.3 is 5.97 Å². The molecule has 15 nitrogen and oxygen atoms in total. The third-order valence-electron chi connectivity index (χ3n) is 15.6. The van der Waals surface area contributed by atoms with Crippen molar-refractivity contribution in [1.82, 2.24) is 25.0 Å². The molecule has 4 aromatic carbocycles. The Labute approximate surface area is 507 Å². The fourth-order valence-corrected chi connectivity index (χ4v) is 11.2. The molecule has 17 heteroatoms. The second kappa shape index (κ2) is 34.2. The molecule has 85 heavy (non-hydrogen) atoms. The van der Waals surface area contributed by atoms with E-state index >= 15 is 0 Å². The minimum Gasteiger partial charge on any atom is -0.493 e. The summed E-state index contributed by atoms with van der Waals surface area (Å²) in [7, 11) is 3.70. The number of hydrogen-bond acceptors (Lipinski definition) is 13. The quantitative estimate of drug-likeness (QED) is 0.0233. The van der Waals surface area contributed by atoms with E-state index in [0.717, 1.165) is 114 Å². The van der Waals surface area contributed by atoms with E-state index in [0.29, 0.717) is 32.3 Å². The van der Waals surface area contributed by atoms with Gasteiger partial charge in [-0.3, -0.25) is 14.4 Å². The van der Waals surface area contributed by atoms with Gasteiger partial charge in [0.2, 0.25) is 12.7 Å². The lowest BCUT2D eigenvalue weighted by Gasteiger charge is -2.33. The van der Waals surface area contributed by atoms with Crippen molar-refractivity contribution in [3.63, 3.8) is 0 Å². The first-order valence-electron chi connectivity index (χ1n) is 30.0. The highest BCUT2D eigenvalue weighted by atomic mass is 35.5. The Morgan fingerprint density at radius 1 is 0.941 bits per heavy atom. The molecule has 5 aromatic rings. The number of methoxy groups -OCH3 is 1. The second-order valence-electron chi connectivity index (χ2n) is 21.9. The highest BCUT2D eigenvalue weighted by Crippen LogP contribution is 2.48. The van der Waals surface area contributed by atoms with Crippen LogP contribution in [0.2, 0.25) is 5.02 Å². The lowest BCUT2D eigenvalue weighted by molar-refractivity contribution is -0.164. The predicted octanol–water partition coefficient (Wildman–Crippen LogP) is 13.1. The zero-order valence-corrected chi connectivity index (χ0v) is 52.2. The Hall–Kier alpha value is -6.98. The van der Waals surface area contributed by atoms with E-state index in [2.05, 4.69) is 126 Å². The summed E-state index contributed by atoms with van der Waals surface area (Å²) in [6.07, 6.45) is 13.4. The van der Waals surface area contributed by atoms with Crippen LogP contribution in [0, 0.1) is 18.7 Å². The van der Waals surface area contributed by atoms with Crippen molar-refractivity contribution in [1.29, 1.82) is 0 Å². The summed E-state index contributed by atoms with van der Waals surface area (Å²) >= 11 is 7.00. The number of aldehydes is 1. The van der Waals surface area contributed by atoms with Crippen LogP contribution in [0.5, 0.6) is 11.5 Å². The number of aromatic nitrogens is 1. The van der Waals surface area contributed by atoms with Gasteiger partial charge in [-0.05, 0) is 163 Å². The largest absolute Gasteiger partial charge is 0.493 e. The number of piperidine rings is 1. The van der Waals surface area contributed by atoms with E-state index in [1.54, 1.807) is 12.1 Å². The number of carbonyl (C=O) groups is 4. The van der Waals surface area contributed by atoms with Gasteiger partial charge < -0.3 is 53.4 Å². The molecule has 9 rings (SSSR count). The van der Waals surface area contributed by atoms with Gasteiger partial charge in [0.25, 0.3) is 6.47 Å². The number of halogens is 2. The van der Waals surface area contributed by atoms with E-state index in [1.165, 1.54) is 95.8 Å². The van der Waals surface area contributed by atoms with Gasteiger partial charge in [0, 0.05) is 82.6 Å². The maximum absolute atomic E-state index is 13.7. The van der Waals surface area contributed by atoms with Crippen LogP contribution in [-0.4, -0.2) is 119 Å². The molecule has 4 aliphatic rings. The molecule has 4 heterocycles. The van der Waals surface area contributed by atoms with Crippen molar-refractivity contribution >= 4 is 69.2 Å². The Bertz CT molecular complexity index is 3170. The van der Waals surface area contributed by atoms with Crippen molar-refractivity contribution in [3.05, 3.63) is 141 Å². The maximum Gasteiger partial charge on any atom is 0.334 e. The molecule has 1 amide bonds. The van der Waals surface area contributed by atoms with Crippen LogP contribution in [0.15, 0.2) is 102 Å². The fraction of sp³-hybridized carbons (Fsp3) is 0.471. The van der Waals surface area contributed by atoms with Gasteiger partial charge in [-0.1, -0.05) is 88.7 Å². The third-order valence-corrected chi connectivity index (χ3v) is 15.9. The van der Waals surface area contributed by atoms with Crippen molar-refractivity contribution in [3.8, 4) is 11.5 Å². The number of ether oxygens (including phenoxy) is 6. The van der Waals surface area contributed by atoms with E-state index in [1.807, 2.05) is 30.3 Å². The van der Waals surface area contributed by atoms with E-state index < -0.39 is 5.97 Å². The minimum absolute atomic E-state index is 0.0215. The number of esters is 1. The number of rotatable bonds is 26. The van der Waals surface area contributed by atoms with E-state index in [9.17, 15) is 23.6 Å². The van der Waals surface area contributed by atoms with Crippen LogP contribution >= 0.6 is 11.6 Å². The summed E-state index contributed by atoms with van der Waals surface area (Å²) < 4.78 is 46.1. The Morgan fingerprint density at radius 3 is 2.36 bits per heavy atom. The molecule has 3 aliphatic heterocycles. The fourth-order valence-electron chi connectivity index (χ4n) is 11.0. The Balaban J connectivity index is 0.000000216. The zero-order chi connectivity index (χ0) is 61.4. The summed E-state index contributed by atoms with van der Waals surface area (Å²) in [5, 5.41) is 10.3. The molecule has 1 aromatic heterocycles. The summed E-state index contributed by atoms with van der Waals surface area (Å²) in [4.78, 5) is 48.0. The van der Waals surface area contributed by atoms with Crippen LogP contribution in [0.3, 0.4) is 0 Å². The number of dihydropyridines is 1. The average Bonchev–Trinajstić information content (AvgIpc) is 1.96. The van der Waals surface area contributed by atoms with Gasteiger partial charge in [0.15, 0.2) is 6.29 Å². The number of hydrogen-bond donors (Lipinski definition) is 2. The van der Waals surface area contributed by atoms with Gasteiger partial charge in [-0.15, -0.1) is 0 Å². The van der Waals surface area contributed by atoms with Gasteiger partial charge in [-0.25, -0.2) is 9.18 Å². The number of nitrogens with one attached hydrogen (secondary N) is 2. The first-order chi connectivity index (χ1) is 41.1. The van der Waals surface area contributed by atoms with E-state index in [4.69, 9.17) is 25.8 Å². The molecule has 1 saturated heterocycles. The van der Waals surface area contributed by atoms with Crippen molar-refractivity contribution < 1.29 is 52.0 Å². The highest BCUT2D eigenvalue weighted by molar-refractivity contribution is 6.34.